The number of ether oxygens (including phenoxy) is 1. The van der Waals surface area contributed by atoms with E-state index in [-0.39, 0.29) is 55.0 Å². The highest BCUT2D eigenvalue weighted by molar-refractivity contribution is 7.93. The molecule has 0 N–H and O–H groups in total. The van der Waals surface area contributed by atoms with Gasteiger partial charge in [0.1, 0.15) is 5.75 Å². The number of anilines is 2. The molecule has 0 radical (unpaired) electrons. The first-order valence-corrected chi connectivity index (χ1v) is 15.8. The summed E-state index contributed by atoms with van der Waals surface area (Å²) in [6.45, 7) is 0. The molecule has 0 aliphatic carbocycles. The van der Waals surface area contributed by atoms with Crippen molar-refractivity contribution in [1.29, 1.82) is 0 Å². The fourth-order valence-electron chi connectivity index (χ4n) is 5.37. The van der Waals surface area contributed by atoms with Crippen LogP contribution in [0.1, 0.15) is 41.4 Å². The van der Waals surface area contributed by atoms with Crippen LogP contribution in [0.3, 0.4) is 0 Å². The van der Waals surface area contributed by atoms with Crippen LogP contribution in [0.2, 0.25) is 0 Å². The Kier molecular flexibility index (Phi) is 7.50. The van der Waals surface area contributed by atoms with Gasteiger partial charge in [-0.1, -0.05) is 12.1 Å². The molecular weight excluding hydrogens is 634 g/mol. The number of hydrogen-bond donors (Lipinski definition) is 0. The third kappa shape index (κ3) is 5.13. The highest BCUT2D eigenvalue weighted by Gasteiger charge is 2.39. The van der Waals surface area contributed by atoms with Crippen LogP contribution in [0.25, 0.3) is 10.8 Å². The lowest BCUT2D eigenvalue weighted by Gasteiger charge is -2.24. The van der Waals surface area contributed by atoms with E-state index in [2.05, 4.69) is 15.0 Å². The Labute approximate surface area is 272 Å². The summed E-state index contributed by atoms with van der Waals surface area (Å²) in [6.07, 6.45) is 8.37. The summed E-state index contributed by atoms with van der Waals surface area (Å²) >= 11 is 0. The van der Waals surface area contributed by atoms with Crippen LogP contribution in [-0.2, 0) is 10.0 Å². The highest BCUT2D eigenvalue weighted by atomic mass is 32.2. The van der Waals surface area contributed by atoms with Crippen LogP contribution < -0.4 is 13.9 Å². The predicted molar refractivity (Wildman–Crippen MR) is 173 cm³/mol. The molecule has 12 nitrogen and oxygen atoms in total. The van der Waals surface area contributed by atoms with Gasteiger partial charge in [0.2, 0.25) is 0 Å². The number of carbonyl (C=O) groups is 4. The van der Waals surface area contributed by atoms with Gasteiger partial charge in [-0.05, 0) is 78.9 Å². The van der Waals surface area contributed by atoms with E-state index in [1.54, 1.807) is 12.1 Å². The van der Waals surface area contributed by atoms with Crippen molar-refractivity contribution in [2.75, 3.05) is 9.21 Å². The minimum Gasteiger partial charge on any atom is -0.423 e. The van der Waals surface area contributed by atoms with E-state index in [1.807, 2.05) is 0 Å². The summed E-state index contributed by atoms with van der Waals surface area (Å²) in [7, 11) is -4.70. The van der Waals surface area contributed by atoms with E-state index in [0.717, 1.165) is 4.90 Å². The molecule has 0 spiro atoms. The quantitative estimate of drug-likeness (QED) is 0.129. The minimum absolute atomic E-state index is 0.0116. The average molecular weight is 656 g/mol. The summed E-state index contributed by atoms with van der Waals surface area (Å²) in [6, 6.07) is 21.6. The lowest BCUT2D eigenvalue weighted by molar-refractivity contribution is 0.0733. The van der Waals surface area contributed by atoms with E-state index in [9.17, 15) is 27.6 Å². The predicted octanol–water partition coefficient (Wildman–Crippen LogP) is 5.08. The molecule has 0 saturated heterocycles. The molecule has 0 unspecified atom stereocenters. The van der Waals surface area contributed by atoms with Gasteiger partial charge in [0, 0.05) is 48.0 Å². The number of aromatic nitrogens is 3. The van der Waals surface area contributed by atoms with Crippen LogP contribution in [0.4, 0.5) is 11.4 Å². The molecule has 3 aromatic carbocycles. The normalized spacial score (nSPS) is 12.2. The Hall–Kier alpha value is -6.60. The third-order valence-electron chi connectivity index (χ3n) is 7.55. The highest BCUT2D eigenvalue weighted by Crippen LogP contribution is 2.42. The van der Waals surface area contributed by atoms with E-state index < -0.39 is 33.7 Å². The van der Waals surface area contributed by atoms with Crippen molar-refractivity contribution in [2.24, 2.45) is 0 Å². The molecule has 48 heavy (non-hydrogen) atoms. The maximum atomic E-state index is 14.6. The number of esters is 1. The second kappa shape index (κ2) is 12.0. The molecule has 0 saturated carbocycles. The Morgan fingerprint density at radius 1 is 0.688 bits per heavy atom. The van der Waals surface area contributed by atoms with Gasteiger partial charge in [-0.3, -0.25) is 29.3 Å². The van der Waals surface area contributed by atoms with Gasteiger partial charge in [0.25, 0.3) is 27.7 Å². The lowest BCUT2D eigenvalue weighted by Crippen LogP contribution is -2.37. The Balaban J connectivity index is 1.31. The molecule has 0 bridgehead atoms. The molecule has 1 aliphatic heterocycles. The number of carbonyl (C=O) groups excluding carboxylic acids is 4. The van der Waals surface area contributed by atoms with Gasteiger partial charge < -0.3 is 4.74 Å². The Bertz CT molecular complexity index is 2350. The standard InChI is InChI=1S/C35H21N5O7S/c41-32(22-5-2-16-36-19-22)39-29-14-15-30(27-8-1-9-28(31(27)29)34(39)43)48(45,46)40(33(42)23-6-3-17-37-20-23)25-10-12-26(13-11-25)47-35(44)24-7-4-18-38-21-24/h1-21H. The number of imide groups is 1. The molecule has 6 aromatic rings. The zero-order valence-electron chi connectivity index (χ0n) is 24.6. The molecule has 0 fully saturated rings. The van der Waals surface area contributed by atoms with E-state index in [0.29, 0.717) is 4.31 Å². The molecule has 7 rings (SSSR count). The molecule has 234 valence electrons. The number of amides is 3. The smallest absolute Gasteiger partial charge is 0.345 e. The van der Waals surface area contributed by atoms with Gasteiger partial charge in [0.05, 0.1) is 38.5 Å². The largest absolute Gasteiger partial charge is 0.423 e. The molecule has 13 heteroatoms. The molecular formula is C35H21N5O7S. The van der Waals surface area contributed by atoms with E-state index >= 15 is 0 Å². The number of sulfonamides is 1. The average Bonchev–Trinajstić information content (AvgIpc) is 3.41. The molecule has 3 aromatic heterocycles. The van der Waals surface area contributed by atoms with E-state index in [4.69, 9.17) is 4.74 Å². The van der Waals surface area contributed by atoms with Crippen LogP contribution in [0.5, 0.6) is 5.75 Å². The van der Waals surface area contributed by atoms with Crippen molar-refractivity contribution in [3.8, 4) is 5.75 Å². The van der Waals surface area contributed by atoms with Gasteiger partial charge in [0.15, 0.2) is 0 Å². The first-order chi connectivity index (χ1) is 23.3. The van der Waals surface area contributed by atoms with Crippen LogP contribution >= 0.6 is 0 Å². The maximum Gasteiger partial charge on any atom is 0.345 e. The minimum atomic E-state index is -4.70. The topological polar surface area (TPSA) is 157 Å². The van der Waals surface area contributed by atoms with Gasteiger partial charge in [-0.25, -0.2) is 18.1 Å². The monoisotopic (exact) mass is 655 g/mol. The zero-order valence-corrected chi connectivity index (χ0v) is 25.4. The number of rotatable bonds is 7. The zero-order chi connectivity index (χ0) is 33.4. The Morgan fingerprint density at radius 2 is 1.31 bits per heavy atom. The second-order valence-corrected chi connectivity index (χ2v) is 12.2. The summed E-state index contributed by atoms with van der Waals surface area (Å²) in [5.41, 5.74) is 0.639. The molecule has 0 atom stereocenters. The second-order valence-electron chi connectivity index (χ2n) is 10.4. The summed E-state index contributed by atoms with van der Waals surface area (Å²) in [5.74, 6) is -2.74. The fraction of sp³-hybridized carbons (Fsp3) is 0. The van der Waals surface area contributed by atoms with Gasteiger partial charge >= 0.3 is 5.97 Å². The summed E-state index contributed by atoms with van der Waals surface area (Å²) in [5, 5.41) is 0.373. The molecule has 4 heterocycles. The third-order valence-corrected chi connectivity index (χ3v) is 9.32. The first kappa shape index (κ1) is 30.1. The fourth-order valence-corrected chi connectivity index (χ4v) is 6.98. The molecule has 3 amide bonds. The van der Waals surface area contributed by atoms with Crippen LogP contribution in [-0.4, -0.2) is 47.1 Å². The molecule has 1 aliphatic rings. The van der Waals surface area contributed by atoms with Gasteiger partial charge in [-0.15, -0.1) is 0 Å². The maximum absolute atomic E-state index is 14.6. The van der Waals surface area contributed by atoms with Crippen molar-refractivity contribution in [2.45, 2.75) is 4.90 Å². The number of hydrogen-bond acceptors (Lipinski definition) is 10. The number of pyridine rings is 3. The van der Waals surface area contributed by atoms with Gasteiger partial charge in [-0.2, -0.15) is 4.31 Å². The van der Waals surface area contributed by atoms with Crippen molar-refractivity contribution in [1.82, 2.24) is 15.0 Å². The summed E-state index contributed by atoms with van der Waals surface area (Å²) < 4.78 is 35.2. The first-order valence-electron chi connectivity index (χ1n) is 14.3. The van der Waals surface area contributed by atoms with Crippen LogP contribution in [0.15, 0.2) is 133 Å². The van der Waals surface area contributed by atoms with Crippen molar-refractivity contribution < 1.29 is 32.3 Å². The van der Waals surface area contributed by atoms with Crippen LogP contribution in [0, 0.1) is 0 Å². The van der Waals surface area contributed by atoms with Crippen molar-refractivity contribution >= 4 is 55.9 Å². The van der Waals surface area contributed by atoms with Crippen molar-refractivity contribution in [3.05, 3.63) is 150 Å². The van der Waals surface area contributed by atoms with Crippen molar-refractivity contribution in [3.63, 3.8) is 0 Å². The Morgan fingerprint density at radius 3 is 1.94 bits per heavy atom. The lowest BCUT2D eigenvalue weighted by atomic mass is 10.1. The SMILES string of the molecule is O=C(Oc1ccc(N(C(=O)c2cccnc2)S(=O)(=O)c2ccc3c4c(cccc24)C(=O)N3C(=O)c2cccnc2)cc1)c1cccnc1. The van der Waals surface area contributed by atoms with E-state index in [1.165, 1.54) is 116 Å². The number of nitrogens with zero attached hydrogens (tertiary/aromatic N) is 5. The number of benzene rings is 3. The summed E-state index contributed by atoms with van der Waals surface area (Å²) in [4.78, 5) is 66.0.